The molecule has 0 radical (unpaired) electrons. The van der Waals surface area contributed by atoms with Crippen molar-refractivity contribution in [3.8, 4) is 0 Å². The largest absolute Gasteiger partial charge is 0.506 e. The lowest BCUT2D eigenvalue weighted by Gasteiger charge is -2.23. The molecule has 1 aliphatic carbocycles. The van der Waals surface area contributed by atoms with Crippen molar-refractivity contribution in [2.24, 2.45) is 0 Å². The summed E-state index contributed by atoms with van der Waals surface area (Å²) in [6.45, 7) is 8.63. The van der Waals surface area contributed by atoms with Gasteiger partial charge in [0.1, 0.15) is 17.3 Å². The maximum absolute atomic E-state index is 13.2. The van der Waals surface area contributed by atoms with E-state index in [0.29, 0.717) is 23.4 Å². The summed E-state index contributed by atoms with van der Waals surface area (Å²) in [5.41, 5.74) is 3.45. The van der Waals surface area contributed by atoms with Gasteiger partial charge >= 0.3 is 6.18 Å². The molecule has 1 aromatic heterocycles. The van der Waals surface area contributed by atoms with Gasteiger partial charge in [0, 0.05) is 5.56 Å². The molecule has 4 rings (SSSR count). The van der Waals surface area contributed by atoms with E-state index in [4.69, 9.17) is 0 Å². The van der Waals surface area contributed by atoms with E-state index in [0.717, 1.165) is 54.2 Å². The highest BCUT2D eigenvalue weighted by Gasteiger charge is 2.31. The van der Waals surface area contributed by atoms with Gasteiger partial charge in [-0.2, -0.15) is 13.2 Å². The molecule has 0 saturated carbocycles. The van der Waals surface area contributed by atoms with Crippen molar-refractivity contribution in [1.82, 2.24) is 4.98 Å². The Morgan fingerprint density at radius 3 is 2.26 bits per heavy atom. The maximum atomic E-state index is 13.2. The van der Waals surface area contributed by atoms with Gasteiger partial charge in [0.2, 0.25) is 0 Å². The summed E-state index contributed by atoms with van der Waals surface area (Å²) in [7, 11) is 0. The lowest BCUT2D eigenvalue weighted by Crippen LogP contribution is -2.08. The minimum Gasteiger partial charge on any atom is -0.506 e. The highest BCUT2D eigenvalue weighted by Crippen LogP contribution is 2.40. The molecule has 200 valence electrons. The fourth-order valence-corrected chi connectivity index (χ4v) is 4.27. The van der Waals surface area contributed by atoms with Crippen LogP contribution in [0.1, 0.15) is 59.3 Å². The predicted molar refractivity (Wildman–Crippen MR) is 138 cm³/mol. The summed E-state index contributed by atoms with van der Waals surface area (Å²) < 4.78 is 77.5. The van der Waals surface area contributed by atoms with Gasteiger partial charge in [-0.05, 0) is 97.7 Å². The van der Waals surface area contributed by atoms with Crippen LogP contribution in [0.3, 0.4) is 0 Å². The third kappa shape index (κ3) is 6.73. The van der Waals surface area contributed by atoms with E-state index in [-0.39, 0.29) is 17.7 Å². The number of aromatic nitrogens is 1. The number of allylic oxidation sites excluding steroid dienone is 3. The third-order valence-electron chi connectivity index (χ3n) is 6.20. The number of aliphatic hydroxyl groups excluding tert-OH is 1. The van der Waals surface area contributed by atoms with Gasteiger partial charge in [0.05, 0.1) is 11.3 Å². The first-order valence-corrected chi connectivity index (χ1v) is 11.9. The first-order chi connectivity index (χ1) is 17.9. The highest BCUT2D eigenvalue weighted by atomic mass is 19.4. The van der Waals surface area contributed by atoms with Crippen LogP contribution >= 0.6 is 0 Å². The molecule has 8 heteroatoms. The molecule has 0 aliphatic heterocycles. The lowest BCUT2D eigenvalue weighted by atomic mass is 9.83. The first kappa shape index (κ1) is 28.8. The second-order valence-electron chi connectivity index (χ2n) is 8.86. The van der Waals surface area contributed by atoms with Gasteiger partial charge in [-0.3, -0.25) is 0 Å². The molecule has 0 unspecified atom stereocenters. The Labute approximate surface area is 217 Å². The second-order valence-corrected chi connectivity index (χ2v) is 8.86. The van der Waals surface area contributed by atoms with E-state index in [2.05, 4.69) is 18.1 Å². The molecule has 0 fully saturated rings. The summed E-state index contributed by atoms with van der Waals surface area (Å²) in [5, 5.41) is 9.60. The van der Waals surface area contributed by atoms with E-state index in [1.54, 1.807) is 12.1 Å². The van der Waals surface area contributed by atoms with Gasteiger partial charge in [0.15, 0.2) is 11.6 Å². The van der Waals surface area contributed by atoms with Crippen LogP contribution < -0.4 is 0 Å². The van der Waals surface area contributed by atoms with Crippen molar-refractivity contribution in [3.63, 3.8) is 0 Å². The van der Waals surface area contributed by atoms with Gasteiger partial charge in [0.25, 0.3) is 0 Å². The van der Waals surface area contributed by atoms with Crippen molar-refractivity contribution in [2.45, 2.75) is 45.2 Å². The van der Waals surface area contributed by atoms with Crippen molar-refractivity contribution < 1.29 is 31.4 Å². The topological polar surface area (TPSA) is 33.1 Å². The predicted octanol–water partition coefficient (Wildman–Crippen LogP) is 9.25. The normalized spacial score (nSPS) is 13.6. The van der Waals surface area contributed by atoms with Gasteiger partial charge < -0.3 is 5.11 Å². The summed E-state index contributed by atoms with van der Waals surface area (Å²) in [4.78, 5) is 4.44. The number of benzene rings is 2. The number of aryl methyl sites for hydroxylation is 1. The molecule has 3 aromatic rings. The van der Waals surface area contributed by atoms with E-state index < -0.39 is 29.2 Å². The summed E-state index contributed by atoms with van der Waals surface area (Å²) in [6.07, 6.45) is 0.299. The molecule has 1 N–H and O–H groups in total. The van der Waals surface area contributed by atoms with Crippen LogP contribution in [0.5, 0.6) is 0 Å². The molecule has 2 nitrogen and oxygen atoms in total. The maximum Gasteiger partial charge on any atom is 0.416 e. The standard InChI is InChI=1S/C21H20F3NO.C9H7F3/c1-13-10-11-15(21(22,23)24)12-18(13)16-6-3-4-7-17(16)20-9-5-8-19(25-20)14(2)26;1-2-3-6-7(10)4-5-8(11)9(6)12/h5,8-12,26H,2-4,6-7H2,1H3;2,4-5H,1,3H2. The second kappa shape index (κ2) is 12.2. The Bertz CT molecular complexity index is 1370. The quantitative estimate of drug-likeness (QED) is 0.154. The zero-order valence-corrected chi connectivity index (χ0v) is 20.8. The first-order valence-electron chi connectivity index (χ1n) is 11.9. The Hall–Kier alpha value is -3.81. The van der Waals surface area contributed by atoms with Crippen LogP contribution in [-0.4, -0.2) is 10.1 Å². The van der Waals surface area contributed by atoms with Crippen LogP contribution in [-0.2, 0) is 12.6 Å². The fraction of sp³-hybridized carbons (Fsp3) is 0.233. The molecule has 1 heterocycles. The number of hydrogen-bond acceptors (Lipinski definition) is 2. The molecule has 1 aliphatic rings. The minimum absolute atomic E-state index is 0.00454. The van der Waals surface area contributed by atoms with Crippen molar-refractivity contribution in [1.29, 1.82) is 0 Å². The lowest BCUT2D eigenvalue weighted by molar-refractivity contribution is -0.137. The Morgan fingerprint density at radius 2 is 1.63 bits per heavy atom. The van der Waals surface area contributed by atoms with Crippen LogP contribution in [0.4, 0.5) is 26.3 Å². The van der Waals surface area contributed by atoms with Crippen molar-refractivity contribution >= 4 is 16.9 Å². The minimum atomic E-state index is -4.37. The highest BCUT2D eigenvalue weighted by molar-refractivity contribution is 5.91. The third-order valence-corrected chi connectivity index (χ3v) is 6.20. The van der Waals surface area contributed by atoms with Crippen molar-refractivity contribution in [2.75, 3.05) is 0 Å². The molecule has 0 bridgehead atoms. The number of rotatable bonds is 5. The van der Waals surface area contributed by atoms with E-state index in [1.165, 1.54) is 18.2 Å². The SMILES string of the molecule is C=C(O)c1cccc(C2=C(c3cc(C(F)(F)F)ccc3C)CCCC2)n1.C=CCc1c(F)ccc(F)c1F. The van der Waals surface area contributed by atoms with Crippen LogP contribution in [0, 0.1) is 24.4 Å². The van der Waals surface area contributed by atoms with Gasteiger partial charge in [-0.15, -0.1) is 6.58 Å². The Morgan fingerprint density at radius 1 is 0.974 bits per heavy atom. The number of hydrogen-bond donors (Lipinski definition) is 1. The molecule has 2 aromatic carbocycles. The molecular formula is C30H27F6NO. The average molecular weight is 532 g/mol. The Kier molecular flexibility index (Phi) is 9.20. The van der Waals surface area contributed by atoms with Gasteiger partial charge in [-0.25, -0.2) is 18.2 Å². The molecule has 38 heavy (non-hydrogen) atoms. The molecule has 0 spiro atoms. The Balaban J connectivity index is 0.000000279. The molecule has 0 saturated heterocycles. The molecular weight excluding hydrogens is 504 g/mol. The van der Waals surface area contributed by atoms with Gasteiger partial charge in [-0.1, -0.05) is 24.8 Å². The number of halogens is 6. The summed E-state index contributed by atoms with van der Waals surface area (Å²) >= 11 is 0. The monoisotopic (exact) mass is 531 g/mol. The van der Waals surface area contributed by atoms with E-state index in [9.17, 15) is 31.4 Å². The number of alkyl halides is 3. The zero-order valence-electron chi connectivity index (χ0n) is 20.8. The molecule has 0 atom stereocenters. The van der Waals surface area contributed by atoms with Crippen LogP contribution in [0.2, 0.25) is 0 Å². The summed E-state index contributed by atoms with van der Waals surface area (Å²) in [6, 6.07) is 10.8. The number of nitrogens with zero attached hydrogens (tertiary/aromatic N) is 1. The van der Waals surface area contributed by atoms with Crippen molar-refractivity contribution in [3.05, 3.63) is 119 Å². The fourth-order valence-electron chi connectivity index (χ4n) is 4.27. The number of aliphatic hydroxyl groups is 1. The van der Waals surface area contributed by atoms with Crippen LogP contribution in [0.15, 0.2) is 67.8 Å². The van der Waals surface area contributed by atoms with E-state index in [1.807, 2.05) is 13.0 Å². The smallest absolute Gasteiger partial charge is 0.416 e. The average Bonchev–Trinajstić information content (AvgIpc) is 2.89. The zero-order chi connectivity index (χ0) is 28.0. The van der Waals surface area contributed by atoms with Crippen LogP contribution in [0.25, 0.3) is 16.9 Å². The number of pyridine rings is 1. The van der Waals surface area contributed by atoms with E-state index >= 15 is 0 Å². The summed E-state index contributed by atoms with van der Waals surface area (Å²) in [5.74, 6) is -3.03. The molecule has 0 amide bonds.